The first-order valence-electron chi connectivity index (χ1n) is 27.9. The van der Waals surface area contributed by atoms with E-state index < -0.39 is 13.9 Å². The minimum absolute atomic E-state index is 0.00218. The van der Waals surface area contributed by atoms with E-state index in [1.165, 1.54) is 0 Å². The highest BCUT2D eigenvalue weighted by molar-refractivity contribution is 7.45. The molecule has 0 aromatic carbocycles. The van der Waals surface area contributed by atoms with Crippen LogP contribution in [0.4, 0.5) is 0 Å². The van der Waals surface area contributed by atoms with E-state index >= 15 is 0 Å². The summed E-state index contributed by atoms with van der Waals surface area (Å²) in [5.41, 5.74) is 0. The summed E-state index contributed by atoms with van der Waals surface area (Å²) in [7, 11) is 1.28. The van der Waals surface area contributed by atoms with Crippen molar-refractivity contribution in [2.75, 3.05) is 54.1 Å². The third kappa shape index (κ3) is 58.6. The zero-order chi connectivity index (χ0) is 53.3. The third-order valence-corrected chi connectivity index (χ3v) is 11.7. The molecule has 0 aliphatic carbocycles. The van der Waals surface area contributed by atoms with Gasteiger partial charge in [0.1, 0.15) is 19.3 Å². The van der Waals surface area contributed by atoms with Crippen LogP contribution >= 0.6 is 7.82 Å². The molecule has 0 aromatic heterocycles. The molecule has 2 atom stereocenters. The molecule has 0 amide bonds. The maximum Gasteiger partial charge on any atom is 0.306 e. The van der Waals surface area contributed by atoms with Gasteiger partial charge in [-0.15, -0.1) is 0 Å². The van der Waals surface area contributed by atoms with E-state index in [-0.39, 0.29) is 32.2 Å². The average Bonchev–Trinajstić information content (AvgIpc) is 3.35. The smallest absolute Gasteiger partial charge is 0.306 e. The molecule has 0 aliphatic heterocycles. The topological polar surface area (TPSA) is 94.1 Å². The molecule has 8 nitrogen and oxygen atoms in total. The molecule has 0 N–H and O–H groups in total. The lowest BCUT2D eigenvalue weighted by atomic mass is 10.1. The fourth-order valence-electron chi connectivity index (χ4n) is 6.56. The van der Waals surface area contributed by atoms with Gasteiger partial charge in [-0.2, -0.15) is 0 Å². The van der Waals surface area contributed by atoms with Gasteiger partial charge in [-0.25, -0.2) is 0 Å². The number of carbonyl (C=O) groups excluding carboxylic acids is 1. The number of phosphoric acid groups is 1. The second-order valence-electron chi connectivity index (χ2n) is 18.8. The monoisotopic (exact) mass is 1030 g/mol. The lowest BCUT2D eigenvalue weighted by Crippen LogP contribution is -2.37. The largest absolute Gasteiger partial charge is 0.756 e. The summed E-state index contributed by atoms with van der Waals surface area (Å²) < 4.78 is 34.7. The molecule has 410 valence electrons. The zero-order valence-corrected chi connectivity index (χ0v) is 47.4. The van der Waals surface area contributed by atoms with Crippen LogP contribution < -0.4 is 4.89 Å². The predicted molar refractivity (Wildman–Crippen MR) is 313 cm³/mol. The minimum Gasteiger partial charge on any atom is -0.756 e. The van der Waals surface area contributed by atoms with E-state index in [1.807, 2.05) is 21.1 Å². The third-order valence-electron chi connectivity index (χ3n) is 10.8. The SMILES string of the molecule is CC/C=C\C/C=C\C/C=C\C/C=C\C/C=C\C/C=C\C/C=C\CCCCCCOCC(COP(=O)([O-])OCC[N+](C)(C)C)OC(=O)CCCCC/C=C\C/C=C\C/C=C\C/C=C\C/C=C\C/C=C\C/C=C\CC. The van der Waals surface area contributed by atoms with Crippen LogP contribution in [0.15, 0.2) is 170 Å². The summed E-state index contributed by atoms with van der Waals surface area (Å²) in [5.74, 6) is -0.383. The summed E-state index contributed by atoms with van der Waals surface area (Å²) in [6, 6.07) is 0. The van der Waals surface area contributed by atoms with Crippen molar-refractivity contribution in [3.8, 4) is 0 Å². The molecule has 0 aliphatic rings. The van der Waals surface area contributed by atoms with Gasteiger partial charge in [-0.05, 0) is 128 Å². The Labute approximate surface area is 447 Å². The van der Waals surface area contributed by atoms with Gasteiger partial charge in [0.05, 0.1) is 34.4 Å². The summed E-state index contributed by atoms with van der Waals surface area (Å²) >= 11 is 0. The number of phosphoric ester groups is 1. The molecular formula is C64H102NO7P. The Hall–Kier alpha value is -4.14. The van der Waals surface area contributed by atoms with Crippen LogP contribution in [0.5, 0.6) is 0 Å². The number of nitrogens with zero attached hydrogens (tertiary/aromatic N) is 1. The standard InChI is InChI=1S/C64H102NO7P/c1-6-8-10-12-14-16-18-20-22-24-26-28-30-32-34-36-38-40-42-44-46-48-50-52-54-56-59-69-61-63(62-71-73(67,68)70-60-58-65(3,4)5)72-64(66)57-55-53-51-49-47-45-43-41-39-37-35-33-31-29-27-25-23-21-19-17-15-13-11-9-7-2/h8-11,14-17,20-23,26-29,32-35,38-41,44-47,63H,6-7,12-13,18-19,24-25,30-31,36-37,42-43,48-62H2,1-5H3/b10-8-,11-9-,16-14-,17-15-,22-20-,23-21-,28-26-,29-27-,34-32-,35-33-,40-38-,41-39-,46-44-,47-45-. The van der Waals surface area contributed by atoms with Crippen molar-refractivity contribution in [3.05, 3.63) is 170 Å². The zero-order valence-electron chi connectivity index (χ0n) is 46.5. The number of quaternary nitrogens is 1. The molecule has 0 radical (unpaired) electrons. The number of likely N-dealkylation sites (N-methyl/N-ethyl adjacent to an activating group) is 1. The van der Waals surface area contributed by atoms with Crippen molar-refractivity contribution >= 4 is 13.8 Å². The summed E-state index contributed by atoms with van der Waals surface area (Å²) in [6.07, 6.45) is 83.9. The van der Waals surface area contributed by atoms with Crippen LogP contribution in [0.1, 0.15) is 168 Å². The van der Waals surface area contributed by atoms with Crippen molar-refractivity contribution in [2.24, 2.45) is 0 Å². The molecule has 2 unspecified atom stereocenters. The molecule has 0 saturated carbocycles. The van der Waals surface area contributed by atoms with Crippen LogP contribution in [-0.2, 0) is 27.9 Å². The second kappa shape index (κ2) is 54.1. The molecule has 0 rings (SSSR count). The Morgan fingerprint density at radius 1 is 0.425 bits per heavy atom. The van der Waals surface area contributed by atoms with Crippen LogP contribution in [0.3, 0.4) is 0 Å². The Morgan fingerprint density at radius 3 is 1.11 bits per heavy atom. The Morgan fingerprint density at radius 2 is 0.753 bits per heavy atom. The van der Waals surface area contributed by atoms with E-state index in [0.29, 0.717) is 24.1 Å². The van der Waals surface area contributed by atoms with Gasteiger partial charge < -0.3 is 27.9 Å². The first-order chi connectivity index (χ1) is 35.6. The molecule has 73 heavy (non-hydrogen) atoms. The molecule has 0 fully saturated rings. The van der Waals surface area contributed by atoms with Gasteiger partial charge in [0.15, 0.2) is 0 Å². The van der Waals surface area contributed by atoms with Crippen LogP contribution in [0.2, 0.25) is 0 Å². The van der Waals surface area contributed by atoms with Gasteiger partial charge in [-0.1, -0.05) is 203 Å². The number of allylic oxidation sites excluding steroid dienone is 28. The normalized spacial score (nSPS) is 14.8. The van der Waals surface area contributed by atoms with E-state index in [1.54, 1.807) is 0 Å². The minimum atomic E-state index is -4.57. The fourth-order valence-corrected chi connectivity index (χ4v) is 7.29. The number of esters is 1. The van der Waals surface area contributed by atoms with Gasteiger partial charge in [-0.3, -0.25) is 9.36 Å². The van der Waals surface area contributed by atoms with Gasteiger partial charge in [0.25, 0.3) is 7.82 Å². The first-order valence-corrected chi connectivity index (χ1v) is 29.3. The van der Waals surface area contributed by atoms with Crippen molar-refractivity contribution < 1.29 is 37.3 Å². The molecule has 0 spiro atoms. The summed E-state index contributed by atoms with van der Waals surface area (Å²) in [4.78, 5) is 25.2. The number of hydrogen-bond donors (Lipinski definition) is 0. The quantitative estimate of drug-likeness (QED) is 0.0197. The van der Waals surface area contributed by atoms with Crippen LogP contribution in [-0.4, -0.2) is 70.7 Å². The molecule has 0 aromatic rings. The summed E-state index contributed by atoms with van der Waals surface area (Å²) in [6.45, 7) is 5.02. The maximum absolute atomic E-state index is 12.8. The van der Waals surface area contributed by atoms with Gasteiger partial charge in [0.2, 0.25) is 0 Å². The van der Waals surface area contributed by atoms with Crippen molar-refractivity contribution in [1.82, 2.24) is 0 Å². The molecular weight excluding hydrogens is 926 g/mol. The molecule has 0 saturated heterocycles. The van der Waals surface area contributed by atoms with Crippen LogP contribution in [0.25, 0.3) is 0 Å². The Balaban J connectivity index is 4.31. The maximum atomic E-state index is 12.8. The Kier molecular flexibility index (Phi) is 51.1. The number of carbonyl (C=O) groups is 1. The van der Waals surface area contributed by atoms with Gasteiger partial charge >= 0.3 is 5.97 Å². The Bertz CT molecular complexity index is 1760. The van der Waals surface area contributed by atoms with Gasteiger partial charge in [0, 0.05) is 13.0 Å². The highest BCUT2D eigenvalue weighted by atomic mass is 31.2. The number of unbranched alkanes of at least 4 members (excludes halogenated alkanes) is 7. The average molecular weight is 1030 g/mol. The van der Waals surface area contributed by atoms with E-state index in [4.69, 9.17) is 18.5 Å². The van der Waals surface area contributed by atoms with E-state index in [0.717, 1.165) is 141 Å². The van der Waals surface area contributed by atoms with Crippen LogP contribution in [0, 0.1) is 0 Å². The van der Waals surface area contributed by atoms with Crippen molar-refractivity contribution in [2.45, 2.75) is 174 Å². The predicted octanol–water partition coefficient (Wildman–Crippen LogP) is 17.3. The molecule has 0 bridgehead atoms. The number of hydrogen-bond acceptors (Lipinski definition) is 7. The second-order valence-corrected chi connectivity index (χ2v) is 20.2. The highest BCUT2D eigenvalue weighted by Gasteiger charge is 2.20. The van der Waals surface area contributed by atoms with Crippen molar-refractivity contribution in [1.29, 1.82) is 0 Å². The molecule has 9 heteroatoms. The van der Waals surface area contributed by atoms with Crippen molar-refractivity contribution in [3.63, 3.8) is 0 Å². The number of ether oxygens (including phenoxy) is 2. The summed E-state index contributed by atoms with van der Waals surface area (Å²) in [5, 5.41) is 0. The number of rotatable bonds is 49. The fraction of sp³-hybridized carbons (Fsp3) is 0.547. The molecule has 0 heterocycles. The van der Waals surface area contributed by atoms with E-state index in [9.17, 15) is 14.3 Å². The first kappa shape index (κ1) is 68.9. The highest BCUT2D eigenvalue weighted by Crippen LogP contribution is 2.38. The lowest BCUT2D eigenvalue weighted by molar-refractivity contribution is -0.870. The lowest BCUT2D eigenvalue weighted by Gasteiger charge is -2.28. The van der Waals surface area contributed by atoms with E-state index in [2.05, 4.69) is 184 Å².